The molecule has 0 unspecified atom stereocenters. The van der Waals surface area contributed by atoms with E-state index in [1.807, 2.05) is 18.2 Å². The summed E-state index contributed by atoms with van der Waals surface area (Å²) in [6.45, 7) is 4.33. The molecule has 10 heteroatoms. The molecule has 1 fully saturated rings. The minimum absolute atomic E-state index is 0.555. The van der Waals surface area contributed by atoms with Crippen LogP contribution in [0.4, 0.5) is 11.8 Å². The number of hydrazine groups is 1. The Bertz CT molecular complexity index is 1530. The van der Waals surface area contributed by atoms with Crippen molar-refractivity contribution in [2.45, 2.75) is 13.1 Å². The number of morpholine rings is 1. The number of para-hydroxylation sites is 1. The summed E-state index contributed by atoms with van der Waals surface area (Å²) in [5.74, 6) is 1.51. The van der Waals surface area contributed by atoms with Gasteiger partial charge in [0.05, 0.1) is 23.4 Å². The number of ether oxygens (including phenoxy) is 1. The van der Waals surface area contributed by atoms with Crippen LogP contribution < -0.4 is 15.8 Å². The summed E-state index contributed by atoms with van der Waals surface area (Å²) in [5, 5.41) is 4.54. The van der Waals surface area contributed by atoms with Gasteiger partial charge in [0, 0.05) is 53.3 Å². The fourth-order valence-corrected chi connectivity index (χ4v) is 5.86. The summed E-state index contributed by atoms with van der Waals surface area (Å²) >= 11 is 14.2. The second-order valence-corrected chi connectivity index (χ2v) is 10.4. The third-order valence-corrected chi connectivity index (χ3v) is 7.79. The van der Waals surface area contributed by atoms with E-state index in [9.17, 15) is 0 Å². The highest BCUT2D eigenvalue weighted by Crippen LogP contribution is 2.31. The lowest BCUT2D eigenvalue weighted by atomic mass is 10.2. The fourth-order valence-electron chi connectivity index (χ4n) is 4.54. The van der Waals surface area contributed by atoms with E-state index in [0.29, 0.717) is 42.3 Å². The second kappa shape index (κ2) is 10.2. The highest BCUT2D eigenvalue weighted by Gasteiger charge is 2.18. The number of aromatic nitrogens is 3. The van der Waals surface area contributed by atoms with Crippen LogP contribution in [0.15, 0.2) is 60.1 Å². The highest BCUT2D eigenvalue weighted by atomic mass is 35.5. The zero-order valence-corrected chi connectivity index (χ0v) is 21.7. The molecule has 1 saturated heterocycles. The normalized spacial score (nSPS) is 14.1. The standard InChI is InChI=1S/C26H24Cl2N6OS/c27-19-6-5-17(21(28)13-19)15-34-16-18(20-3-1-2-4-23(20)34)14-29-32-26-30-22-7-12-36-24(22)25(31-26)33-8-10-35-11-9-33/h1-7,12-13,16,29H,8-11,14-15H2,(H,30,31,32). The summed E-state index contributed by atoms with van der Waals surface area (Å²) in [5.41, 5.74) is 10.8. The minimum Gasteiger partial charge on any atom is -0.378 e. The maximum Gasteiger partial charge on any atom is 0.239 e. The van der Waals surface area contributed by atoms with Crippen LogP contribution in [0.3, 0.4) is 0 Å². The van der Waals surface area contributed by atoms with Gasteiger partial charge in [0.2, 0.25) is 5.95 Å². The molecule has 0 amide bonds. The molecule has 0 saturated carbocycles. The van der Waals surface area contributed by atoms with Gasteiger partial charge in [-0.1, -0.05) is 47.5 Å². The van der Waals surface area contributed by atoms with Crippen LogP contribution in [0.1, 0.15) is 11.1 Å². The highest BCUT2D eigenvalue weighted by molar-refractivity contribution is 7.17. The van der Waals surface area contributed by atoms with E-state index < -0.39 is 0 Å². The van der Waals surface area contributed by atoms with Gasteiger partial charge in [0.15, 0.2) is 5.82 Å². The van der Waals surface area contributed by atoms with Gasteiger partial charge in [0.25, 0.3) is 0 Å². The number of fused-ring (bicyclic) bond motifs is 2. The minimum atomic E-state index is 0.555. The third-order valence-electron chi connectivity index (χ3n) is 6.30. The lowest BCUT2D eigenvalue weighted by Crippen LogP contribution is -2.37. The molecule has 36 heavy (non-hydrogen) atoms. The van der Waals surface area contributed by atoms with E-state index in [4.69, 9.17) is 37.9 Å². The Hall–Kier alpha value is -2.88. The number of nitrogens with one attached hydrogen (secondary N) is 2. The van der Waals surface area contributed by atoms with Crippen LogP contribution in [0.25, 0.3) is 21.1 Å². The molecule has 4 heterocycles. The lowest BCUT2D eigenvalue weighted by Gasteiger charge is -2.28. The Morgan fingerprint density at radius 1 is 1.00 bits per heavy atom. The van der Waals surface area contributed by atoms with E-state index in [0.717, 1.165) is 45.8 Å². The van der Waals surface area contributed by atoms with Gasteiger partial charge in [-0.2, -0.15) is 4.98 Å². The van der Waals surface area contributed by atoms with Crippen LogP contribution >= 0.6 is 34.5 Å². The third kappa shape index (κ3) is 4.75. The van der Waals surface area contributed by atoms with Crippen molar-refractivity contribution >= 4 is 67.4 Å². The summed E-state index contributed by atoms with van der Waals surface area (Å²) in [6.07, 6.45) is 2.16. The number of hydrogen-bond donors (Lipinski definition) is 2. The Morgan fingerprint density at radius 3 is 2.72 bits per heavy atom. The van der Waals surface area contributed by atoms with Crippen molar-refractivity contribution in [3.8, 4) is 0 Å². The second-order valence-electron chi connectivity index (χ2n) is 8.62. The number of benzene rings is 2. The zero-order chi connectivity index (χ0) is 24.5. The monoisotopic (exact) mass is 538 g/mol. The molecular weight excluding hydrogens is 515 g/mol. The first kappa shape index (κ1) is 23.5. The molecule has 0 aliphatic carbocycles. The molecule has 5 aromatic rings. The number of anilines is 2. The molecule has 3 aromatic heterocycles. The molecule has 0 radical (unpaired) electrons. The quantitative estimate of drug-likeness (QED) is 0.249. The molecule has 7 nitrogen and oxygen atoms in total. The van der Waals surface area contributed by atoms with Crippen LogP contribution in [0.2, 0.25) is 10.0 Å². The van der Waals surface area contributed by atoms with Crippen molar-refractivity contribution in [2.75, 3.05) is 36.6 Å². The summed E-state index contributed by atoms with van der Waals surface area (Å²) in [4.78, 5) is 11.8. The lowest BCUT2D eigenvalue weighted by molar-refractivity contribution is 0.122. The molecule has 0 spiro atoms. The molecule has 1 aliphatic heterocycles. The predicted octanol–water partition coefficient (Wildman–Crippen LogP) is 5.95. The van der Waals surface area contributed by atoms with E-state index in [1.54, 1.807) is 17.4 Å². The number of hydrogen-bond acceptors (Lipinski definition) is 7. The average Bonchev–Trinajstić information content (AvgIpc) is 3.51. The van der Waals surface area contributed by atoms with Crippen molar-refractivity contribution in [3.05, 3.63) is 81.3 Å². The summed E-state index contributed by atoms with van der Waals surface area (Å²) in [6, 6.07) is 16.0. The van der Waals surface area contributed by atoms with E-state index >= 15 is 0 Å². The van der Waals surface area contributed by atoms with Gasteiger partial charge < -0.3 is 14.2 Å². The Labute approximate surface area is 222 Å². The topological polar surface area (TPSA) is 67.2 Å². The number of rotatable bonds is 7. The van der Waals surface area contributed by atoms with Crippen LogP contribution in [-0.2, 0) is 17.8 Å². The van der Waals surface area contributed by atoms with Crippen molar-refractivity contribution in [3.63, 3.8) is 0 Å². The van der Waals surface area contributed by atoms with Gasteiger partial charge in [-0.15, -0.1) is 11.3 Å². The Morgan fingerprint density at radius 2 is 1.86 bits per heavy atom. The van der Waals surface area contributed by atoms with Gasteiger partial charge in [-0.3, -0.25) is 5.43 Å². The molecule has 6 rings (SSSR count). The van der Waals surface area contributed by atoms with E-state index in [2.05, 4.69) is 56.2 Å². The first-order valence-electron chi connectivity index (χ1n) is 11.7. The number of nitrogens with zero attached hydrogens (tertiary/aromatic N) is 4. The predicted molar refractivity (Wildman–Crippen MR) is 148 cm³/mol. The van der Waals surface area contributed by atoms with Crippen molar-refractivity contribution in [2.24, 2.45) is 0 Å². The largest absolute Gasteiger partial charge is 0.378 e. The van der Waals surface area contributed by atoms with E-state index in [1.165, 1.54) is 5.39 Å². The first-order chi connectivity index (χ1) is 17.7. The van der Waals surface area contributed by atoms with Crippen molar-refractivity contribution in [1.29, 1.82) is 0 Å². The zero-order valence-electron chi connectivity index (χ0n) is 19.4. The summed E-state index contributed by atoms with van der Waals surface area (Å²) < 4.78 is 8.84. The SMILES string of the molecule is Clc1ccc(Cn2cc(CNNc3nc(N4CCOCC4)c4sccc4n3)c3ccccc32)c(Cl)c1. The molecule has 2 aromatic carbocycles. The summed E-state index contributed by atoms with van der Waals surface area (Å²) in [7, 11) is 0. The molecule has 1 aliphatic rings. The molecule has 184 valence electrons. The Kier molecular flexibility index (Phi) is 6.69. The molecule has 0 bridgehead atoms. The Balaban J connectivity index is 1.22. The molecular formula is C26H24Cl2N6OS. The first-order valence-corrected chi connectivity index (χ1v) is 13.4. The smallest absolute Gasteiger partial charge is 0.239 e. The maximum absolute atomic E-state index is 6.45. The van der Waals surface area contributed by atoms with Crippen molar-refractivity contribution < 1.29 is 4.74 Å². The molecule has 2 N–H and O–H groups in total. The van der Waals surface area contributed by atoms with Gasteiger partial charge >= 0.3 is 0 Å². The van der Waals surface area contributed by atoms with Gasteiger partial charge in [0.1, 0.15) is 0 Å². The van der Waals surface area contributed by atoms with Crippen LogP contribution in [-0.4, -0.2) is 40.8 Å². The molecule has 0 atom stereocenters. The van der Waals surface area contributed by atoms with Gasteiger partial charge in [-0.05, 0) is 40.8 Å². The van der Waals surface area contributed by atoms with Crippen LogP contribution in [0.5, 0.6) is 0 Å². The van der Waals surface area contributed by atoms with Crippen LogP contribution in [0, 0.1) is 0 Å². The average molecular weight is 539 g/mol. The maximum atomic E-state index is 6.45. The number of thiophene rings is 1. The van der Waals surface area contributed by atoms with E-state index in [-0.39, 0.29) is 0 Å². The number of halogens is 2. The van der Waals surface area contributed by atoms with Crippen molar-refractivity contribution in [1.82, 2.24) is 20.0 Å². The van der Waals surface area contributed by atoms with Gasteiger partial charge in [-0.25, -0.2) is 10.4 Å². The fraction of sp³-hybridized carbons (Fsp3) is 0.231.